The highest BCUT2D eigenvalue weighted by Gasteiger charge is 2.25. The zero-order valence-corrected chi connectivity index (χ0v) is 22.9. The van der Waals surface area contributed by atoms with Crippen LogP contribution in [0.15, 0.2) is 73.5 Å². The molecule has 0 fully saturated rings. The topological polar surface area (TPSA) is 120 Å². The van der Waals surface area contributed by atoms with Crippen molar-refractivity contribution >= 4 is 27.3 Å². The Labute approximate surface area is 227 Å². The molecule has 0 saturated heterocycles. The first-order valence-electron chi connectivity index (χ1n) is 12.6. The van der Waals surface area contributed by atoms with Gasteiger partial charge in [0, 0.05) is 15.9 Å². The quantitative estimate of drug-likeness (QED) is 0.323. The van der Waals surface area contributed by atoms with Crippen molar-refractivity contribution in [2.75, 3.05) is 0 Å². The Morgan fingerprint density at radius 2 is 1.69 bits per heavy atom. The van der Waals surface area contributed by atoms with E-state index in [1.54, 1.807) is 25.3 Å². The summed E-state index contributed by atoms with van der Waals surface area (Å²) < 4.78 is 7.32. The Bertz CT molecular complexity index is 1860. The number of nitrogens with zero attached hydrogens (tertiary/aromatic N) is 3. The maximum Gasteiger partial charge on any atom is 0.439 e. The van der Waals surface area contributed by atoms with Crippen LogP contribution in [0, 0.1) is 5.41 Å². The molecule has 0 radical (unpaired) electrons. The van der Waals surface area contributed by atoms with Crippen molar-refractivity contribution in [1.29, 1.82) is 0 Å². The maximum atomic E-state index is 13.6. The number of Topliss-reactive ketones (excluding diaryl/α,β-unsaturated/α-hetero) is 1. The van der Waals surface area contributed by atoms with Crippen molar-refractivity contribution < 1.29 is 9.32 Å². The number of thiophene rings is 1. The van der Waals surface area contributed by atoms with Crippen LogP contribution < -0.4 is 17.0 Å². The Balaban J connectivity index is 1.55. The second kappa shape index (κ2) is 10.1. The predicted octanol–water partition coefficient (Wildman–Crippen LogP) is 4.46. The van der Waals surface area contributed by atoms with Gasteiger partial charge >= 0.3 is 11.4 Å². The monoisotopic (exact) mass is 544 g/mol. The number of H-pyrrole nitrogens is 1. The largest absolute Gasteiger partial charge is 0.439 e. The molecule has 0 unspecified atom stereocenters. The molecule has 39 heavy (non-hydrogen) atoms. The lowest BCUT2D eigenvalue weighted by molar-refractivity contribution is -0.127. The van der Waals surface area contributed by atoms with Crippen molar-refractivity contribution in [3.8, 4) is 22.5 Å². The standard InChI is InChI=1S/C29H28N4O5S/c1-5-19-14-22-25(35)32(16-23(34)29(2,3)4)28(37)33(26(22)39-19)15-17-10-12-18(13-11-17)20-8-6-7-9-21(20)24-30-27(36)38-31-24/h6-14H,5,15-16H2,1-4H3,(H,30,31,36). The molecule has 0 spiro atoms. The Hall–Kier alpha value is -4.31. The Kier molecular flexibility index (Phi) is 6.82. The van der Waals surface area contributed by atoms with Gasteiger partial charge < -0.3 is 0 Å². The molecular formula is C29H28N4O5S. The van der Waals surface area contributed by atoms with Crippen LogP contribution >= 0.6 is 11.3 Å². The summed E-state index contributed by atoms with van der Waals surface area (Å²) in [4.78, 5) is 55.3. The molecule has 200 valence electrons. The fraction of sp³-hybridized carbons (Fsp3) is 0.276. The van der Waals surface area contributed by atoms with Crippen molar-refractivity contribution in [3.05, 3.63) is 96.4 Å². The number of fused-ring (bicyclic) bond motifs is 1. The second-order valence-electron chi connectivity index (χ2n) is 10.4. The minimum absolute atomic E-state index is 0.185. The molecule has 0 aliphatic carbocycles. The van der Waals surface area contributed by atoms with Crippen molar-refractivity contribution in [1.82, 2.24) is 19.3 Å². The number of aromatic amines is 1. The van der Waals surface area contributed by atoms with Crippen molar-refractivity contribution in [2.24, 2.45) is 5.41 Å². The van der Waals surface area contributed by atoms with E-state index in [1.165, 1.54) is 11.3 Å². The zero-order chi connectivity index (χ0) is 27.9. The van der Waals surface area contributed by atoms with Gasteiger partial charge in [0.2, 0.25) is 0 Å². The second-order valence-corrected chi connectivity index (χ2v) is 11.5. The van der Waals surface area contributed by atoms with E-state index >= 15 is 0 Å². The number of nitrogens with one attached hydrogen (secondary N) is 1. The van der Waals surface area contributed by atoms with Crippen LogP contribution in [0.4, 0.5) is 0 Å². The van der Waals surface area contributed by atoms with Crippen LogP contribution in [-0.4, -0.2) is 25.1 Å². The van der Waals surface area contributed by atoms with E-state index in [0.29, 0.717) is 16.0 Å². The molecule has 0 aliphatic rings. The Morgan fingerprint density at radius 1 is 1.00 bits per heavy atom. The van der Waals surface area contributed by atoms with Crippen molar-refractivity contribution in [2.45, 2.75) is 47.2 Å². The van der Waals surface area contributed by atoms with Gasteiger partial charge in [-0.05, 0) is 29.2 Å². The number of aryl methyl sites for hydroxylation is 1. The van der Waals surface area contributed by atoms with Gasteiger partial charge in [0.15, 0.2) is 11.6 Å². The third-order valence-electron chi connectivity index (χ3n) is 6.66. The normalized spacial score (nSPS) is 11.8. The summed E-state index contributed by atoms with van der Waals surface area (Å²) in [7, 11) is 0. The summed E-state index contributed by atoms with van der Waals surface area (Å²) >= 11 is 1.43. The lowest BCUT2D eigenvalue weighted by atomic mass is 9.91. The molecule has 10 heteroatoms. The fourth-order valence-electron chi connectivity index (χ4n) is 4.34. The first-order valence-corrected chi connectivity index (χ1v) is 13.4. The van der Waals surface area contributed by atoms with E-state index in [2.05, 4.69) is 14.7 Å². The smallest absolute Gasteiger partial charge is 0.297 e. The van der Waals surface area contributed by atoms with Gasteiger partial charge in [-0.25, -0.2) is 9.59 Å². The van der Waals surface area contributed by atoms with Crippen molar-refractivity contribution in [3.63, 3.8) is 0 Å². The molecule has 0 saturated carbocycles. The molecule has 9 nitrogen and oxygen atoms in total. The van der Waals surface area contributed by atoms with Gasteiger partial charge in [-0.2, -0.15) is 0 Å². The lowest BCUT2D eigenvalue weighted by Gasteiger charge is -2.18. The SMILES string of the molecule is CCc1cc2c(=O)n(CC(=O)C(C)(C)C)c(=O)n(Cc3ccc(-c4ccccc4-c4noc(=O)[nH]4)cc3)c2s1. The first-order chi connectivity index (χ1) is 18.6. The summed E-state index contributed by atoms with van der Waals surface area (Å²) in [6.45, 7) is 7.29. The first kappa shape index (κ1) is 26.3. The van der Waals surface area contributed by atoms with Gasteiger partial charge in [0.25, 0.3) is 5.56 Å². The summed E-state index contributed by atoms with van der Waals surface area (Å²) in [5, 5.41) is 4.26. The molecule has 0 atom stereocenters. The molecule has 1 N–H and O–H groups in total. The van der Waals surface area contributed by atoms with Gasteiger partial charge in [0.05, 0.1) is 18.5 Å². The van der Waals surface area contributed by atoms with Gasteiger partial charge in [-0.15, -0.1) is 11.3 Å². The number of hydrogen-bond donors (Lipinski definition) is 1. The molecule has 2 aromatic carbocycles. The molecular weight excluding hydrogens is 516 g/mol. The minimum atomic E-state index is -0.681. The highest BCUT2D eigenvalue weighted by atomic mass is 32.1. The number of benzene rings is 2. The summed E-state index contributed by atoms with van der Waals surface area (Å²) in [5.41, 5.74) is 1.70. The van der Waals surface area contributed by atoms with Crippen LogP contribution in [0.25, 0.3) is 32.7 Å². The average molecular weight is 545 g/mol. The van der Waals surface area contributed by atoms with Gasteiger partial charge in [-0.3, -0.25) is 28.2 Å². The molecule has 3 heterocycles. The average Bonchev–Trinajstić information content (AvgIpc) is 3.55. The number of rotatable bonds is 7. The Morgan fingerprint density at radius 3 is 2.31 bits per heavy atom. The maximum absolute atomic E-state index is 13.6. The molecule has 0 bridgehead atoms. The van der Waals surface area contributed by atoms with E-state index in [0.717, 1.165) is 38.1 Å². The summed E-state index contributed by atoms with van der Waals surface area (Å²) in [6.07, 6.45) is 0.735. The van der Waals surface area contributed by atoms with Gasteiger partial charge in [-0.1, -0.05) is 81.4 Å². The van der Waals surface area contributed by atoms with E-state index in [4.69, 9.17) is 0 Å². The molecule has 5 rings (SSSR count). The van der Waals surface area contributed by atoms with E-state index < -0.39 is 22.4 Å². The van der Waals surface area contributed by atoms with E-state index in [-0.39, 0.29) is 18.9 Å². The zero-order valence-electron chi connectivity index (χ0n) is 22.1. The molecule has 5 aromatic rings. The van der Waals surface area contributed by atoms with Crippen LogP contribution in [0.5, 0.6) is 0 Å². The molecule has 3 aromatic heterocycles. The number of aromatic nitrogens is 4. The van der Waals surface area contributed by atoms with E-state index in [1.807, 2.05) is 61.5 Å². The number of carbonyl (C=O) groups is 1. The fourth-order valence-corrected chi connectivity index (χ4v) is 5.42. The number of hydrogen-bond acceptors (Lipinski definition) is 7. The van der Waals surface area contributed by atoms with Crippen LogP contribution in [0.1, 0.15) is 38.1 Å². The lowest BCUT2D eigenvalue weighted by Crippen LogP contribution is -2.43. The number of ketones is 1. The third-order valence-corrected chi connectivity index (χ3v) is 7.96. The van der Waals surface area contributed by atoms with Crippen LogP contribution in [0.3, 0.4) is 0 Å². The highest BCUT2D eigenvalue weighted by molar-refractivity contribution is 7.18. The summed E-state index contributed by atoms with van der Waals surface area (Å²) in [5.74, 6) is -0.475. The minimum Gasteiger partial charge on any atom is -0.297 e. The number of carbonyl (C=O) groups excluding carboxylic acids is 1. The van der Waals surface area contributed by atoms with Gasteiger partial charge in [0.1, 0.15) is 4.83 Å². The van der Waals surface area contributed by atoms with Crippen LogP contribution in [0.2, 0.25) is 0 Å². The molecule has 0 aliphatic heterocycles. The van der Waals surface area contributed by atoms with E-state index in [9.17, 15) is 19.2 Å². The highest BCUT2D eigenvalue weighted by Crippen LogP contribution is 2.30. The molecule has 0 amide bonds. The summed E-state index contributed by atoms with van der Waals surface area (Å²) in [6, 6.07) is 17.0. The van der Waals surface area contributed by atoms with Crippen LogP contribution in [-0.2, 0) is 24.3 Å². The third kappa shape index (κ3) is 5.07. The predicted molar refractivity (Wildman–Crippen MR) is 151 cm³/mol.